The molecule has 3 unspecified atom stereocenters. The van der Waals surface area contributed by atoms with Crippen LogP contribution in [0.25, 0.3) is 22.4 Å². The summed E-state index contributed by atoms with van der Waals surface area (Å²) in [5.74, 6) is 10.1. The van der Waals surface area contributed by atoms with Crippen molar-refractivity contribution in [1.29, 1.82) is 0 Å². The van der Waals surface area contributed by atoms with Gasteiger partial charge in [0.15, 0.2) is 5.82 Å². The van der Waals surface area contributed by atoms with E-state index in [1.807, 2.05) is 18.6 Å². The van der Waals surface area contributed by atoms with Crippen LogP contribution in [0.5, 0.6) is 0 Å². The van der Waals surface area contributed by atoms with E-state index in [9.17, 15) is 0 Å². The lowest BCUT2D eigenvalue weighted by atomic mass is 9.95. The van der Waals surface area contributed by atoms with Crippen LogP contribution in [0.4, 0.5) is 0 Å². The summed E-state index contributed by atoms with van der Waals surface area (Å²) >= 11 is 0. The van der Waals surface area contributed by atoms with Crippen LogP contribution < -0.4 is 0 Å². The molecule has 3 atom stereocenters. The molecule has 3 aliphatic carbocycles. The predicted molar refractivity (Wildman–Crippen MR) is 127 cm³/mol. The van der Waals surface area contributed by atoms with Gasteiger partial charge < -0.3 is 4.98 Å². The minimum absolute atomic E-state index is 0.512. The highest BCUT2D eigenvalue weighted by Gasteiger charge is 2.41. The molecule has 0 radical (unpaired) electrons. The summed E-state index contributed by atoms with van der Waals surface area (Å²) in [7, 11) is 2.16. The number of pyridine rings is 1. The van der Waals surface area contributed by atoms with E-state index >= 15 is 0 Å². The smallest absolute Gasteiger partial charge is 0.156 e. The van der Waals surface area contributed by atoms with Crippen LogP contribution in [0.15, 0.2) is 30.9 Å². The average molecular weight is 426 g/mol. The molecule has 0 aromatic carbocycles. The van der Waals surface area contributed by atoms with E-state index < -0.39 is 0 Å². The molecule has 5 heteroatoms. The monoisotopic (exact) mass is 425 g/mol. The second-order valence-corrected chi connectivity index (χ2v) is 10.1. The fourth-order valence-electron chi connectivity index (χ4n) is 5.67. The molecule has 0 spiro atoms. The molecular formula is C27H31N5. The molecule has 3 fully saturated rings. The van der Waals surface area contributed by atoms with Crippen molar-refractivity contribution in [1.82, 2.24) is 24.3 Å². The van der Waals surface area contributed by atoms with Gasteiger partial charge in [0.25, 0.3) is 0 Å². The average Bonchev–Trinajstić information content (AvgIpc) is 3.16. The van der Waals surface area contributed by atoms with Gasteiger partial charge in [0.05, 0.1) is 6.04 Å². The number of hydrogen-bond donors (Lipinski definition) is 1. The maximum absolute atomic E-state index is 5.03. The third kappa shape index (κ3) is 3.43. The van der Waals surface area contributed by atoms with E-state index in [1.165, 1.54) is 38.5 Å². The van der Waals surface area contributed by atoms with Crippen LogP contribution in [0.2, 0.25) is 0 Å². The Balaban J connectivity index is 1.57. The zero-order chi connectivity index (χ0) is 21.8. The highest BCUT2D eigenvalue weighted by molar-refractivity contribution is 5.91. The molecule has 3 aromatic heterocycles. The second kappa shape index (κ2) is 7.55. The molecule has 3 aromatic rings. The number of rotatable bonds is 2. The van der Waals surface area contributed by atoms with Gasteiger partial charge in [0.1, 0.15) is 5.65 Å². The summed E-state index contributed by atoms with van der Waals surface area (Å²) in [5, 5.41) is 1.12. The number of aryl methyl sites for hydroxylation is 2. The fraction of sp³-hybridized carbons (Fsp3) is 0.481. The summed E-state index contributed by atoms with van der Waals surface area (Å²) < 4.78 is 4.72. The van der Waals surface area contributed by atoms with Crippen molar-refractivity contribution in [3.8, 4) is 23.2 Å². The Morgan fingerprint density at radius 2 is 1.94 bits per heavy atom. The fourth-order valence-corrected chi connectivity index (χ4v) is 5.67. The Morgan fingerprint density at radius 1 is 1.06 bits per heavy atom. The van der Waals surface area contributed by atoms with E-state index in [0.717, 1.165) is 50.9 Å². The maximum Gasteiger partial charge on any atom is 0.156 e. The molecule has 32 heavy (non-hydrogen) atoms. The molecule has 3 heterocycles. The molecule has 3 saturated carbocycles. The molecule has 3 aliphatic rings. The van der Waals surface area contributed by atoms with Crippen LogP contribution >= 0.6 is 0 Å². The minimum Gasteiger partial charge on any atom is -0.345 e. The van der Waals surface area contributed by atoms with Gasteiger partial charge in [-0.25, -0.2) is 9.97 Å². The first-order valence-corrected chi connectivity index (χ1v) is 12.0. The predicted octanol–water partition coefficient (Wildman–Crippen LogP) is 5.63. The van der Waals surface area contributed by atoms with Crippen LogP contribution in [0.1, 0.15) is 61.3 Å². The molecule has 164 valence electrons. The van der Waals surface area contributed by atoms with Crippen LogP contribution in [0.3, 0.4) is 0 Å². The molecule has 0 amide bonds. The number of nitrogens with zero attached hydrogens (tertiary/aromatic N) is 4. The number of H-pyrrole nitrogens is 1. The second-order valence-electron chi connectivity index (χ2n) is 10.1. The van der Waals surface area contributed by atoms with Crippen molar-refractivity contribution in [2.75, 3.05) is 0 Å². The van der Waals surface area contributed by atoms with Crippen molar-refractivity contribution in [2.45, 2.75) is 58.4 Å². The largest absolute Gasteiger partial charge is 0.345 e. The summed E-state index contributed by atoms with van der Waals surface area (Å²) in [6.45, 7) is 4.23. The lowest BCUT2D eigenvalue weighted by molar-refractivity contribution is 0.276. The number of hydrogen-bond acceptors (Lipinski definition) is 2. The summed E-state index contributed by atoms with van der Waals surface area (Å²) in [5.41, 5.74) is 5.39. The highest BCUT2D eigenvalue weighted by Crippen LogP contribution is 2.50. The zero-order valence-electron chi connectivity index (χ0n) is 19.2. The van der Waals surface area contributed by atoms with Crippen LogP contribution in [-0.4, -0.2) is 24.3 Å². The van der Waals surface area contributed by atoms with Crippen molar-refractivity contribution in [3.05, 3.63) is 47.5 Å². The van der Waals surface area contributed by atoms with Crippen LogP contribution in [-0.2, 0) is 7.05 Å². The van der Waals surface area contributed by atoms with E-state index in [4.69, 9.17) is 4.98 Å². The van der Waals surface area contributed by atoms with Gasteiger partial charge in [-0.3, -0.25) is 9.36 Å². The molecule has 5 nitrogen and oxygen atoms in total. The van der Waals surface area contributed by atoms with E-state index in [0.29, 0.717) is 12.0 Å². The number of nitrogens with one attached hydrogen (secondary N) is 1. The van der Waals surface area contributed by atoms with Gasteiger partial charge >= 0.3 is 0 Å². The first-order valence-electron chi connectivity index (χ1n) is 12.0. The first-order chi connectivity index (χ1) is 15.6. The Kier molecular flexibility index (Phi) is 4.64. The Hall–Kier alpha value is -3.00. The lowest BCUT2D eigenvalue weighted by Crippen LogP contribution is -2.24. The van der Waals surface area contributed by atoms with Gasteiger partial charge in [0.2, 0.25) is 0 Å². The highest BCUT2D eigenvalue weighted by atomic mass is 15.4. The van der Waals surface area contributed by atoms with Gasteiger partial charge in [-0.05, 0) is 75.0 Å². The number of aromatic nitrogens is 5. The van der Waals surface area contributed by atoms with Gasteiger partial charge in [-0.1, -0.05) is 18.3 Å². The van der Waals surface area contributed by atoms with E-state index in [1.54, 1.807) is 0 Å². The first kappa shape index (κ1) is 19.7. The molecule has 6 rings (SSSR count). The molecule has 0 aliphatic heterocycles. The molecule has 0 saturated heterocycles. The molecular weight excluding hydrogens is 394 g/mol. The summed E-state index contributed by atoms with van der Waals surface area (Å²) in [6.07, 6.45) is 16.1. The van der Waals surface area contributed by atoms with Crippen molar-refractivity contribution < 1.29 is 0 Å². The maximum atomic E-state index is 5.03. The quantitative estimate of drug-likeness (QED) is 0.541. The third-order valence-electron chi connectivity index (χ3n) is 7.66. The van der Waals surface area contributed by atoms with Crippen molar-refractivity contribution in [2.24, 2.45) is 24.8 Å². The normalized spacial score (nSPS) is 23.9. The van der Waals surface area contributed by atoms with E-state index in [2.05, 4.69) is 64.3 Å². The van der Waals surface area contributed by atoms with E-state index in [-0.39, 0.29) is 0 Å². The molecule has 1 N–H and O–H groups in total. The van der Waals surface area contributed by atoms with Gasteiger partial charge in [-0.15, -0.1) is 0 Å². The van der Waals surface area contributed by atoms with Crippen molar-refractivity contribution >= 4 is 11.0 Å². The number of fused-ring (bicyclic) bond motifs is 3. The Labute approximate surface area is 189 Å². The summed E-state index contributed by atoms with van der Waals surface area (Å²) in [6, 6.07) is 2.71. The number of aromatic amines is 1. The minimum atomic E-state index is 0.512. The summed E-state index contributed by atoms with van der Waals surface area (Å²) in [4.78, 5) is 12.9. The van der Waals surface area contributed by atoms with Gasteiger partial charge in [0, 0.05) is 54.3 Å². The third-order valence-corrected chi connectivity index (χ3v) is 7.66. The Morgan fingerprint density at radius 3 is 2.69 bits per heavy atom. The lowest BCUT2D eigenvalue weighted by Gasteiger charge is -2.28. The standard InChI is InChI=1S/C27H31N5/c1-17-10-23-24(15-29-26(23)28-13-17)27-30-14-18(2)22(9-6-19-4-5-19)16-32(31(27)3)25-12-20-7-8-21(25)11-20/h10,13-16,19-21,25H,4-5,7-8,11-12H2,1-3H3,(H,28,29). The zero-order valence-corrected chi connectivity index (χ0v) is 19.2. The molecule has 2 bridgehead atoms. The Bertz CT molecular complexity index is 1300. The van der Waals surface area contributed by atoms with Gasteiger partial charge in [-0.2, -0.15) is 0 Å². The topological polar surface area (TPSA) is 51.4 Å². The van der Waals surface area contributed by atoms with Crippen LogP contribution in [0, 0.1) is 43.4 Å². The van der Waals surface area contributed by atoms with Crippen molar-refractivity contribution in [3.63, 3.8) is 0 Å². The SMILES string of the molecule is Cc1cnc2[nH]cc(-c3ncc(C)c(C#CC4CC4)cn(C4CC5CCC4C5)n3C)c2c1.